The Labute approximate surface area is 112 Å². The van der Waals surface area contributed by atoms with E-state index >= 15 is 0 Å². The molecule has 18 heavy (non-hydrogen) atoms. The SMILES string of the molecule is Cc1cc(C(=O)Nc2ccc(F)c(Br)c2)c(C)o1. The summed E-state index contributed by atoms with van der Waals surface area (Å²) in [7, 11) is 0. The van der Waals surface area contributed by atoms with Gasteiger partial charge in [-0.25, -0.2) is 4.39 Å². The van der Waals surface area contributed by atoms with Gasteiger partial charge in [-0.2, -0.15) is 0 Å². The minimum absolute atomic E-state index is 0.275. The number of halogens is 2. The first-order valence-electron chi connectivity index (χ1n) is 5.31. The monoisotopic (exact) mass is 311 g/mol. The van der Waals surface area contributed by atoms with Gasteiger partial charge in [0.15, 0.2) is 0 Å². The molecule has 0 aliphatic heterocycles. The molecule has 0 saturated heterocycles. The Kier molecular flexibility index (Phi) is 3.52. The normalized spacial score (nSPS) is 10.4. The van der Waals surface area contributed by atoms with E-state index in [1.54, 1.807) is 19.9 Å². The summed E-state index contributed by atoms with van der Waals surface area (Å²) in [4.78, 5) is 12.0. The lowest BCUT2D eigenvalue weighted by Gasteiger charge is -2.05. The van der Waals surface area contributed by atoms with Crippen molar-refractivity contribution in [2.45, 2.75) is 13.8 Å². The number of nitrogens with one attached hydrogen (secondary N) is 1. The minimum atomic E-state index is -0.372. The van der Waals surface area contributed by atoms with Crippen LogP contribution in [-0.2, 0) is 0 Å². The summed E-state index contributed by atoms with van der Waals surface area (Å²) < 4.78 is 18.6. The van der Waals surface area contributed by atoms with E-state index in [2.05, 4.69) is 21.2 Å². The molecule has 1 aromatic carbocycles. The fourth-order valence-corrected chi connectivity index (χ4v) is 2.01. The van der Waals surface area contributed by atoms with Crippen LogP contribution in [0, 0.1) is 19.7 Å². The van der Waals surface area contributed by atoms with Gasteiger partial charge in [-0.3, -0.25) is 4.79 Å². The van der Waals surface area contributed by atoms with E-state index < -0.39 is 0 Å². The van der Waals surface area contributed by atoms with Crippen LogP contribution in [0.4, 0.5) is 10.1 Å². The van der Waals surface area contributed by atoms with Crippen LogP contribution in [0.25, 0.3) is 0 Å². The van der Waals surface area contributed by atoms with Gasteiger partial charge in [-0.1, -0.05) is 0 Å². The zero-order chi connectivity index (χ0) is 13.3. The number of rotatable bonds is 2. The summed E-state index contributed by atoms with van der Waals surface area (Å²) in [5.74, 6) is 0.593. The molecule has 1 aromatic heterocycles. The third-order valence-corrected chi connectivity index (χ3v) is 3.07. The Hall–Kier alpha value is -1.62. The lowest BCUT2D eigenvalue weighted by Crippen LogP contribution is -2.12. The highest BCUT2D eigenvalue weighted by molar-refractivity contribution is 9.10. The molecule has 0 aliphatic carbocycles. The van der Waals surface area contributed by atoms with Crippen molar-refractivity contribution in [3.63, 3.8) is 0 Å². The summed E-state index contributed by atoms with van der Waals surface area (Å²) in [6.45, 7) is 3.50. The van der Waals surface area contributed by atoms with E-state index in [1.807, 2.05) is 0 Å². The first-order chi connectivity index (χ1) is 8.47. The van der Waals surface area contributed by atoms with Crippen molar-refractivity contribution in [1.82, 2.24) is 0 Å². The summed E-state index contributed by atoms with van der Waals surface area (Å²) >= 11 is 3.07. The number of furan rings is 1. The van der Waals surface area contributed by atoms with Gasteiger partial charge in [0.05, 0.1) is 10.0 Å². The molecule has 0 aliphatic rings. The zero-order valence-corrected chi connectivity index (χ0v) is 11.5. The number of hydrogen-bond acceptors (Lipinski definition) is 2. The zero-order valence-electron chi connectivity index (χ0n) is 9.88. The van der Waals surface area contributed by atoms with Crippen molar-refractivity contribution in [2.24, 2.45) is 0 Å². The maximum Gasteiger partial charge on any atom is 0.259 e. The quantitative estimate of drug-likeness (QED) is 0.909. The van der Waals surface area contributed by atoms with Crippen LogP contribution in [0.1, 0.15) is 21.9 Å². The first kappa shape index (κ1) is 12.8. The second kappa shape index (κ2) is 4.94. The summed E-state index contributed by atoms with van der Waals surface area (Å²) in [6, 6.07) is 5.96. The van der Waals surface area contributed by atoms with Crippen molar-refractivity contribution >= 4 is 27.5 Å². The molecule has 0 atom stereocenters. The van der Waals surface area contributed by atoms with Gasteiger partial charge in [0.2, 0.25) is 0 Å². The van der Waals surface area contributed by atoms with Gasteiger partial charge >= 0.3 is 0 Å². The predicted octanol–water partition coefficient (Wildman–Crippen LogP) is 4.05. The molecule has 1 amide bonds. The summed E-state index contributed by atoms with van der Waals surface area (Å²) in [6.07, 6.45) is 0. The van der Waals surface area contributed by atoms with Crippen LogP contribution >= 0.6 is 15.9 Å². The Morgan fingerprint density at radius 2 is 2.06 bits per heavy atom. The fourth-order valence-electron chi connectivity index (χ4n) is 1.63. The molecule has 5 heteroatoms. The van der Waals surface area contributed by atoms with Crippen LogP contribution in [0.3, 0.4) is 0 Å². The van der Waals surface area contributed by atoms with Crippen molar-refractivity contribution < 1.29 is 13.6 Å². The summed E-state index contributed by atoms with van der Waals surface area (Å²) in [5, 5.41) is 2.68. The number of benzene rings is 1. The first-order valence-corrected chi connectivity index (χ1v) is 6.10. The highest BCUT2D eigenvalue weighted by atomic mass is 79.9. The maximum absolute atomic E-state index is 13.1. The number of carbonyl (C=O) groups excluding carboxylic acids is 1. The minimum Gasteiger partial charge on any atom is -0.466 e. The van der Waals surface area contributed by atoms with E-state index in [-0.39, 0.29) is 11.7 Å². The predicted molar refractivity (Wildman–Crippen MR) is 70.2 cm³/mol. The van der Waals surface area contributed by atoms with E-state index in [1.165, 1.54) is 18.2 Å². The topological polar surface area (TPSA) is 42.2 Å². The molecular formula is C13H11BrFNO2. The second-order valence-corrected chi connectivity index (χ2v) is 4.76. The number of amides is 1. The van der Waals surface area contributed by atoms with Gasteiger partial charge in [-0.15, -0.1) is 0 Å². The number of hydrogen-bond donors (Lipinski definition) is 1. The molecule has 0 unspecified atom stereocenters. The highest BCUT2D eigenvalue weighted by Crippen LogP contribution is 2.21. The molecule has 1 heterocycles. The maximum atomic E-state index is 13.1. The van der Waals surface area contributed by atoms with Gasteiger partial charge in [0.25, 0.3) is 5.91 Å². The Bertz CT molecular complexity index is 607. The number of aryl methyl sites for hydroxylation is 2. The number of carbonyl (C=O) groups is 1. The average Bonchev–Trinajstić information content (AvgIpc) is 2.63. The largest absolute Gasteiger partial charge is 0.466 e. The van der Waals surface area contributed by atoms with E-state index in [4.69, 9.17) is 4.42 Å². The molecule has 0 radical (unpaired) electrons. The van der Waals surface area contributed by atoms with Crippen molar-refractivity contribution in [2.75, 3.05) is 5.32 Å². The van der Waals surface area contributed by atoms with E-state index in [0.717, 1.165) is 0 Å². The lowest BCUT2D eigenvalue weighted by molar-refractivity contribution is 0.102. The number of anilines is 1. The third-order valence-electron chi connectivity index (χ3n) is 2.46. The standard InChI is InChI=1S/C13H11BrFNO2/c1-7-5-10(8(2)18-7)13(17)16-9-3-4-12(15)11(14)6-9/h3-6H,1-2H3,(H,16,17). The van der Waals surface area contributed by atoms with Crippen LogP contribution in [-0.4, -0.2) is 5.91 Å². The van der Waals surface area contributed by atoms with Crippen LogP contribution in [0.5, 0.6) is 0 Å². The van der Waals surface area contributed by atoms with E-state index in [9.17, 15) is 9.18 Å². The molecule has 2 aromatic rings. The molecule has 3 nitrogen and oxygen atoms in total. The van der Waals surface area contributed by atoms with Crippen molar-refractivity contribution in [3.8, 4) is 0 Å². The smallest absolute Gasteiger partial charge is 0.259 e. The molecule has 0 bridgehead atoms. The molecule has 94 valence electrons. The Morgan fingerprint density at radius 3 is 2.61 bits per heavy atom. The molecule has 1 N–H and O–H groups in total. The second-order valence-electron chi connectivity index (χ2n) is 3.91. The third kappa shape index (κ3) is 2.61. The molecule has 0 saturated carbocycles. The molecule has 0 fully saturated rings. The Morgan fingerprint density at radius 1 is 1.33 bits per heavy atom. The molecular weight excluding hydrogens is 301 g/mol. The van der Waals surface area contributed by atoms with Gasteiger partial charge in [0, 0.05) is 5.69 Å². The van der Waals surface area contributed by atoms with Gasteiger partial charge in [-0.05, 0) is 54.0 Å². The van der Waals surface area contributed by atoms with Crippen molar-refractivity contribution in [1.29, 1.82) is 0 Å². The van der Waals surface area contributed by atoms with Crippen LogP contribution in [0.15, 0.2) is 33.2 Å². The van der Waals surface area contributed by atoms with Crippen LogP contribution < -0.4 is 5.32 Å². The lowest BCUT2D eigenvalue weighted by atomic mass is 10.2. The van der Waals surface area contributed by atoms with Crippen LogP contribution in [0.2, 0.25) is 0 Å². The average molecular weight is 312 g/mol. The molecule has 0 spiro atoms. The van der Waals surface area contributed by atoms with Crippen molar-refractivity contribution in [3.05, 3.63) is 51.6 Å². The fraction of sp³-hybridized carbons (Fsp3) is 0.154. The summed E-state index contributed by atoms with van der Waals surface area (Å²) in [5.41, 5.74) is 1.000. The van der Waals surface area contributed by atoms with E-state index in [0.29, 0.717) is 27.2 Å². The van der Waals surface area contributed by atoms with Gasteiger partial charge in [0.1, 0.15) is 17.3 Å². The Balaban J connectivity index is 2.21. The highest BCUT2D eigenvalue weighted by Gasteiger charge is 2.14. The van der Waals surface area contributed by atoms with Gasteiger partial charge < -0.3 is 9.73 Å². The molecule has 2 rings (SSSR count).